The normalized spacial score (nSPS) is 13.4. The highest BCUT2D eigenvalue weighted by Crippen LogP contribution is 2.14. The lowest BCUT2D eigenvalue weighted by Gasteiger charge is -2.15. The summed E-state index contributed by atoms with van der Waals surface area (Å²) in [5.74, 6) is 1.44. The quantitative estimate of drug-likeness (QED) is 0.0971. The van der Waals surface area contributed by atoms with Crippen LogP contribution in [0.3, 0.4) is 0 Å². The predicted octanol–water partition coefficient (Wildman–Crippen LogP) is 4.66. The number of imide groups is 2. The van der Waals surface area contributed by atoms with Crippen molar-refractivity contribution in [1.29, 1.82) is 0 Å². The molecule has 51 heavy (non-hydrogen) atoms. The molecule has 16 heteroatoms. The van der Waals surface area contributed by atoms with Crippen LogP contribution in [0.4, 0.5) is 5.82 Å². The summed E-state index contributed by atoms with van der Waals surface area (Å²) >= 11 is 4.55. The number of carbonyl (C=O) groups is 7. The van der Waals surface area contributed by atoms with Crippen LogP contribution in [0.5, 0.6) is 0 Å². The molecule has 2 aliphatic heterocycles. The molecule has 0 radical (unpaired) electrons. The third-order valence-corrected chi connectivity index (χ3v) is 7.30. The van der Waals surface area contributed by atoms with Crippen LogP contribution in [-0.2, 0) is 38.4 Å². The minimum absolute atomic E-state index is 0.0590. The van der Waals surface area contributed by atoms with Gasteiger partial charge in [0.05, 0.1) is 11.8 Å². The van der Waals surface area contributed by atoms with Crippen LogP contribution in [-0.4, -0.2) is 87.1 Å². The molecule has 2 aliphatic rings. The van der Waals surface area contributed by atoms with Gasteiger partial charge in [0.2, 0.25) is 11.8 Å². The number of aromatic nitrogens is 1. The highest BCUT2D eigenvalue weighted by atomic mass is 79.9. The number of hydrogen-bond donors (Lipinski definition) is 3. The summed E-state index contributed by atoms with van der Waals surface area (Å²) in [5, 5.41) is 6.61. The van der Waals surface area contributed by atoms with Crippen LogP contribution >= 0.6 is 27.9 Å². The van der Waals surface area contributed by atoms with Crippen molar-refractivity contribution < 1.29 is 38.4 Å². The Labute approximate surface area is 314 Å². The highest BCUT2D eigenvalue weighted by Gasteiger charge is 2.32. The first-order valence-corrected chi connectivity index (χ1v) is 19.1. The van der Waals surface area contributed by atoms with E-state index in [9.17, 15) is 33.6 Å². The van der Waals surface area contributed by atoms with E-state index < -0.39 is 17.8 Å². The van der Waals surface area contributed by atoms with E-state index in [1.807, 2.05) is 45.9 Å². The zero-order chi connectivity index (χ0) is 38.9. The van der Waals surface area contributed by atoms with Crippen molar-refractivity contribution in [3.8, 4) is 0 Å². The van der Waals surface area contributed by atoms with E-state index in [0.29, 0.717) is 41.1 Å². The molecule has 14 nitrogen and oxygen atoms in total. The number of anilines is 1. The number of nitrogens with one attached hydrogen (secondary N) is 3. The van der Waals surface area contributed by atoms with Crippen LogP contribution in [0.25, 0.3) is 0 Å². The summed E-state index contributed by atoms with van der Waals surface area (Å²) in [6.07, 6.45) is 5.35. The fraction of sp³-hybridized carbons (Fsp3) is 0.600. The molecule has 0 aliphatic carbocycles. The number of nitrogens with zero attached hydrogens (tertiary/aromatic N) is 3. The molecule has 286 valence electrons. The van der Waals surface area contributed by atoms with E-state index in [4.69, 9.17) is 0 Å². The number of pyridine rings is 1. The lowest BCUT2D eigenvalue weighted by Crippen LogP contribution is -2.33. The van der Waals surface area contributed by atoms with Crippen molar-refractivity contribution in [2.75, 3.05) is 35.4 Å². The van der Waals surface area contributed by atoms with Gasteiger partial charge in [-0.15, -0.1) is 5.06 Å². The van der Waals surface area contributed by atoms with E-state index in [1.54, 1.807) is 6.20 Å². The molecule has 3 N–H and O–H groups in total. The second-order valence-corrected chi connectivity index (χ2v) is 14.6. The molecule has 3 rings (SSSR count). The van der Waals surface area contributed by atoms with Crippen molar-refractivity contribution >= 4 is 75.1 Å². The van der Waals surface area contributed by atoms with E-state index in [1.165, 1.54) is 29.0 Å². The van der Waals surface area contributed by atoms with Gasteiger partial charge in [0.1, 0.15) is 5.82 Å². The molecule has 1 fully saturated rings. The number of amides is 6. The van der Waals surface area contributed by atoms with E-state index in [0.717, 1.165) is 24.7 Å². The summed E-state index contributed by atoms with van der Waals surface area (Å²) in [4.78, 5) is 87.0. The molecule has 3 heterocycles. The molecule has 6 amide bonds. The van der Waals surface area contributed by atoms with Crippen molar-refractivity contribution in [2.24, 2.45) is 23.7 Å². The first kappa shape index (κ1) is 47.2. The second kappa shape index (κ2) is 26.9. The smallest absolute Gasteiger partial charge is 0.333 e. The Kier molecular flexibility index (Phi) is 24.9. The van der Waals surface area contributed by atoms with Gasteiger partial charge in [-0.25, -0.2) is 9.78 Å². The van der Waals surface area contributed by atoms with Crippen molar-refractivity contribution in [2.45, 2.75) is 81.1 Å². The van der Waals surface area contributed by atoms with Gasteiger partial charge in [-0.3, -0.25) is 33.7 Å². The van der Waals surface area contributed by atoms with Gasteiger partial charge < -0.3 is 20.2 Å². The fourth-order valence-corrected chi connectivity index (χ4v) is 4.43. The molecule has 0 spiro atoms. The average Bonchev–Trinajstić information content (AvgIpc) is 3.55. The number of hydrogen-bond acceptors (Lipinski definition) is 11. The van der Waals surface area contributed by atoms with Crippen LogP contribution in [0.1, 0.15) is 81.1 Å². The average molecular weight is 800 g/mol. The van der Waals surface area contributed by atoms with Gasteiger partial charge in [0, 0.05) is 63.0 Å². The van der Waals surface area contributed by atoms with Gasteiger partial charge in [0.15, 0.2) is 0 Å². The number of hydroxylamine groups is 2. The molecule has 1 aromatic rings. The summed E-state index contributed by atoms with van der Waals surface area (Å²) in [6.45, 7) is 18.0. The van der Waals surface area contributed by atoms with Crippen LogP contribution in [0.2, 0.25) is 0 Å². The van der Waals surface area contributed by atoms with Gasteiger partial charge in [-0.05, 0) is 35.8 Å². The standard InChI is InChI=1S/C12H19N3OS.C9H13NO4.C8H11NO2.C6H12BrNO/c1-10(2)9-14-12(16)6-8-17-15-11-5-3-4-7-13-11;1-6(2)5-9(13)14-10-7(11)3-4-8(10)12;1-6(2)5-9-7(10)3-4-8(9)11;1-5(2)4-8-6(9)3-7/h3-5,7,10H,6,8-9H2,1-2H3,(H,13,15)(H,14,16);6H,3-5H2,1-2H3;3-4,6H,5H2,1-2H3;5H,3-4H2,1-2H3,(H,8,9). The Balaban J connectivity index is 0.000000672. The minimum atomic E-state index is -0.538. The molecule has 1 saturated heterocycles. The molecule has 0 atom stereocenters. The van der Waals surface area contributed by atoms with Crippen LogP contribution < -0.4 is 15.4 Å². The summed E-state index contributed by atoms with van der Waals surface area (Å²) < 4.78 is 3.09. The van der Waals surface area contributed by atoms with Gasteiger partial charge >= 0.3 is 5.97 Å². The van der Waals surface area contributed by atoms with Gasteiger partial charge in [-0.2, -0.15) is 0 Å². The van der Waals surface area contributed by atoms with E-state index in [-0.39, 0.29) is 48.8 Å². The molecular weight excluding hydrogens is 744 g/mol. The number of rotatable bonds is 15. The SMILES string of the molecule is CC(C)CC(=O)ON1C(=O)CCC1=O.CC(C)CN1C(=O)C=CC1=O.CC(C)CNC(=O)CBr.CC(C)CNC(=O)CCSNc1ccccn1. The molecule has 0 saturated carbocycles. The predicted molar refractivity (Wildman–Crippen MR) is 202 cm³/mol. The Bertz CT molecular complexity index is 1260. The van der Waals surface area contributed by atoms with Gasteiger partial charge in [-0.1, -0.05) is 89.3 Å². The largest absolute Gasteiger partial charge is 0.356 e. The van der Waals surface area contributed by atoms with E-state index in [2.05, 4.69) is 68.8 Å². The highest BCUT2D eigenvalue weighted by molar-refractivity contribution is 9.09. The molecule has 0 unspecified atom stereocenters. The molecular formula is C35H55BrN6O8S. The number of halogens is 1. The lowest BCUT2D eigenvalue weighted by atomic mass is 10.1. The Morgan fingerprint density at radius 3 is 1.82 bits per heavy atom. The summed E-state index contributed by atoms with van der Waals surface area (Å²) in [6, 6.07) is 5.69. The lowest BCUT2D eigenvalue weighted by molar-refractivity contribution is -0.198. The number of carbonyl (C=O) groups excluding carboxylic acids is 7. The third kappa shape index (κ3) is 24.1. The number of alkyl halides is 1. The molecule has 1 aromatic heterocycles. The first-order chi connectivity index (χ1) is 24.0. The Morgan fingerprint density at radius 2 is 1.37 bits per heavy atom. The molecule has 0 aromatic carbocycles. The summed E-state index contributed by atoms with van der Waals surface area (Å²) in [7, 11) is 0. The third-order valence-electron chi connectivity index (χ3n) is 6.03. The first-order valence-electron chi connectivity index (χ1n) is 16.9. The molecule has 0 bridgehead atoms. The maximum Gasteiger partial charge on any atom is 0.333 e. The second-order valence-electron chi connectivity index (χ2n) is 13.1. The Morgan fingerprint density at radius 1 is 0.824 bits per heavy atom. The maximum absolute atomic E-state index is 11.4. The monoisotopic (exact) mass is 798 g/mol. The fourth-order valence-electron chi connectivity index (χ4n) is 3.57. The zero-order valence-corrected chi connectivity index (χ0v) is 33.4. The van der Waals surface area contributed by atoms with Crippen LogP contribution in [0, 0.1) is 23.7 Å². The van der Waals surface area contributed by atoms with Crippen LogP contribution in [0.15, 0.2) is 36.5 Å². The van der Waals surface area contributed by atoms with Gasteiger partial charge in [0.25, 0.3) is 23.6 Å². The van der Waals surface area contributed by atoms with E-state index >= 15 is 0 Å². The van der Waals surface area contributed by atoms with Crippen molar-refractivity contribution in [3.63, 3.8) is 0 Å². The maximum atomic E-state index is 11.4. The topological polar surface area (TPSA) is 184 Å². The Hall–Kier alpha value is -3.79. The summed E-state index contributed by atoms with van der Waals surface area (Å²) in [5.41, 5.74) is 0. The zero-order valence-electron chi connectivity index (χ0n) is 31.0. The van der Waals surface area contributed by atoms with Crippen molar-refractivity contribution in [3.05, 3.63) is 36.5 Å². The minimum Gasteiger partial charge on any atom is -0.356 e. The van der Waals surface area contributed by atoms with Crippen molar-refractivity contribution in [1.82, 2.24) is 25.6 Å².